The van der Waals surface area contributed by atoms with E-state index in [0.29, 0.717) is 0 Å². The van der Waals surface area contributed by atoms with E-state index >= 15 is 0 Å². The van der Waals surface area contributed by atoms with Gasteiger partial charge in [0.2, 0.25) is 0 Å². The number of hydrogen-bond acceptors (Lipinski definition) is 2. The summed E-state index contributed by atoms with van der Waals surface area (Å²) < 4.78 is 13.3. The molecule has 0 spiro atoms. The van der Waals surface area contributed by atoms with E-state index in [4.69, 9.17) is 8.83 Å². The molecule has 0 radical (unpaired) electrons. The summed E-state index contributed by atoms with van der Waals surface area (Å²) >= 11 is 0. The van der Waals surface area contributed by atoms with Crippen molar-refractivity contribution in [1.29, 1.82) is 0 Å². The van der Waals surface area contributed by atoms with E-state index in [1.165, 1.54) is 87.2 Å². The van der Waals surface area contributed by atoms with Crippen LogP contribution in [0.3, 0.4) is 0 Å². The van der Waals surface area contributed by atoms with Gasteiger partial charge in [0, 0.05) is 26.9 Å². The molecule has 10 aromatic rings. The molecule has 44 heavy (non-hydrogen) atoms. The summed E-state index contributed by atoms with van der Waals surface area (Å²) in [4.78, 5) is 0. The van der Waals surface area contributed by atoms with Crippen LogP contribution in [0.25, 0.3) is 110 Å². The summed E-state index contributed by atoms with van der Waals surface area (Å²) in [6, 6.07) is 48.0. The van der Waals surface area contributed by atoms with Crippen molar-refractivity contribution in [3.63, 3.8) is 0 Å². The lowest BCUT2D eigenvalue weighted by molar-refractivity contribution is 0.669. The van der Waals surface area contributed by atoms with Crippen molar-refractivity contribution in [2.75, 3.05) is 0 Å². The standard InChI is InChI=1S/C42H22O2/c1-2-10-23(11-3-1)36-24-12-4-6-14-26(24)37(27-15-7-5-13-25(27)36)31-22-35-42-39-29(17-9-19-33(39)44-35)28-16-8-18-32-38(28)41-34(43-32)21-20-30(31)40(41)42/h1-22H. The maximum Gasteiger partial charge on any atom is 0.136 e. The molecule has 0 unspecified atom stereocenters. The Morgan fingerprint density at radius 3 is 1.45 bits per heavy atom. The largest absolute Gasteiger partial charge is 0.456 e. The average Bonchev–Trinajstić information content (AvgIpc) is 3.61. The summed E-state index contributed by atoms with van der Waals surface area (Å²) in [6.45, 7) is 0. The van der Waals surface area contributed by atoms with Crippen molar-refractivity contribution in [3.8, 4) is 33.4 Å². The van der Waals surface area contributed by atoms with Gasteiger partial charge in [0.05, 0.1) is 0 Å². The summed E-state index contributed by atoms with van der Waals surface area (Å²) in [6.07, 6.45) is 0. The molecule has 0 atom stereocenters. The number of furan rings is 2. The molecule has 11 rings (SSSR count). The SMILES string of the molecule is c1ccc(-c2c3ccccc3c(-c3cc4oc5cccc6c5c4c4c3ccc3oc5cccc-6c5c34)c3ccccc23)cc1. The number of rotatable bonds is 2. The molecule has 0 bridgehead atoms. The zero-order valence-electron chi connectivity index (χ0n) is 23.5. The zero-order valence-corrected chi connectivity index (χ0v) is 23.5. The molecule has 2 heteroatoms. The molecule has 0 amide bonds. The van der Waals surface area contributed by atoms with Crippen LogP contribution >= 0.6 is 0 Å². The molecule has 1 aliphatic rings. The first kappa shape index (κ1) is 22.7. The lowest BCUT2D eigenvalue weighted by atomic mass is 9.84. The Hall–Kier alpha value is -5.86. The Kier molecular flexibility index (Phi) is 4.10. The summed E-state index contributed by atoms with van der Waals surface area (Å²) in [7, 11) is 0. The van der Waals surface area contributed by atoms with Crippen molar-refractivity contribution in [3.05, 3.63) is 133 Å². The van der Waals surface area contributed by atoms with Gasteiger partial charge in [-0.05, 0) is 90.6 Å². The van der Waals surface area contributed by atoms with Crippen LogP contribution in [0.1, 0.15) is 0 Å². The molecule has 0 saturated carbocycles. The maximum absolute atomic E-state index is 6.74. The second-order valence-corrected chi connectivity index (χ2v) is 11.9. The third kappa shape index (κ3) is 2.68. The van der Waals surface area contributed by atoms with Crippen LogP contribution in [0.5, 0.6) is 0 Å². The smallest absolute Gasteiger partial charge is 0.136 e. The normalized spacial score (nSPS) is 12.5. The highest BCUT2D eigenvalue weighted by Crippen LogP contribution is 2.53. The van der Waals surface area contributed by atoms with Gasteiger partial charge in [0.25, 0.3) is 0 Å². The first-order valence-electron chi connectivity index (χ1n) is 15.1. The summed E-state index contributed by atoms with van der Waals surface area (Å²) in [5, 5.41) is 12.1. The fourth-order valence-electron chi connectivity index (χ4n) is 8.11. The molecule has 0 fully saturated rings. The van der Waals surface area contributed by atoms with Crippen LogP contribution in [0, 0.1) is 0 Å². The van der Waals surface area contributed by atoms with E-state index in [0.717, 1.165) is 22.3 Å². The van der Waals surface area contributed by atoms with Crippen molar-refractivity contribution in [2.24, 2.45) is 0 Å². The molecular weight excluding hydrogens is 536 g/mol. The molecule has 0 saturated heterocycles. The quantitative estimate of drug-likeness (QED) is 0.197. The molecule has 2 aromatic heterocycles. The van der Waals surface area contributed by atoms with Gasteiger partial charge >= 0.3 is 0 Å². The van der Waals surface area contributed by atoms with E-state index in [1.807, 2.05) is 0 Å². The Bertz CT molecular complexity index is 2780. The fourth-order valence-corrected chi connectivity index (χ4v) is 8.11. The fraction of sp³-hybridized carbons (Fsp3) is 0. The number of fused-ring (bicyclic) bond motifs is 3. The van der Waals surface area contributed by atoms with Crippen LogP contribution in [-0.2, 0) is 0 Å². The van der Waals surface area contributed by atoms with Gasteiger partial charge in [-0.25, -0.2) is 0 Å². The average molecular weight is 559 g/mol. The molecule has 0 aliphatic heterocycles. The van der Waals surface area contributed by atoms with E-state index in [-0.39, 0.29) is 0 Å². The van der Waals surface area contributed by atoms with Gasteiger partial charge in [-0.2, -0.15) is 0 Å². The highest BCUT2D eigenvalue weighted by molar-refractivity contribution is 6.39. The van der Waals surface area contributed by atoms with Gasteiger partial charge in [-0.3, -0.25) is 0 Å². The van der Waals surface area contributed by atoms with Crippen molar-refractivity contribution in [1.82, 2.24) is 0 Å². The van der Waals surface area contributed by atoms with Crippen molar-refractivity contribution >= 4 is 76.2 Å². The third-order valence-electron chi connectivity index (χ3n) is 9.77. The van der Waals surface area contributed by atoms with E-state index in [2.05, 4.69) is 133 Å². The molecule has 8 aromatic carbocycles. The predicted octanol–water partition coefficient (Wildman–Crippen LogP) is 12.3. The monoisotopic (exact) mass is 558 g/mol. The highest BCUT2D eigenvalue weighted by atomic mass is 16.3. The zero-order chi connectivity index (χ0) is 28.5. The summed E-state index contributed by atoms with van der Waals surface area (Å²) in [5.41, 5.74) is 11.0. The van der Waals surface area contributed by atoms with Crippen LogP contribution in [-0.4, -0.2) is 0 Å². The van der Waals surface area contributed by atoms with E-state index in [9.17, 15) is 0 Å². The number of benzene rings is 8. The lowest BCUT2D eigenvalue weighted by Crippen LogP contribution is -1.92. The molecule has 2 heterocycles. The van der Waals surface area contributed by atoms with E-state index in [1.54, 1.807) is 0 Å². The third-order valence-corrected chi connectivity index (χ3v) is 9.77. The first-order chi connectivity index (χ1) is 21.8. The molecule has 0 N–H and O–H groups in total. The lowest BCUT2D eigenvalue weighted by Gasteiger charge is -2.19. The Labute approximate surface area is 251 Å². The summed E-state index contributed by atoms with van der Waals surface area (Å²) in [5.74, 6) is 0. The second kappa shape index (κ2) is 7.94. The molecule has 1 aliphatic carbocycles. The maximum atomic E-state index is 6.74. The van der Waals surface area contributed by atoms with Crippen LogP contribution in [0.2, 0.25) is 0 Å². The van der Waals surface area contributed by atoms with Gasteiger partial charge in [0.15, 0.2) is 0 Å². The first-order valence-corrected chi connectivity index (χ1v) is 15.1. The topological polar surface area (TPSA) is 26.3 Å². The molecule has 202 valence electrons. The van der Waals surface area contributed by atoms with Crippen molar-refractivity contribution in [2.45, 2.75) is 0 Å². The van der Waals surface area contributed by atoms with E-state index < -0.39 is 0 Å². The second-order valence-electron chi connectivity index (χ2n) is 11.9. The van der Waals surface area contributed by atoms with Crippen LogP contribution < -0.4 is 0 Å². The predicted molar refractivity (Wildman–Crippen MR) is 183 cm³/mol. The Balaban J connectivity index is 1.41. The van der Waals surface area contributed by atoms with Gasteiger partial charge < -0.3 is 8.83 Å². The minimum absolute atomic E-state index is 0.907. The minimum Gasteiger partial charge on any atom is -0.456 e. The highest BCUT2D eigenvalue weighted by Gasteiger charge is 2.27. The van der Waals surface area contributed by atoms with Gasteiger partial charge in [0.1, 0.15) is 22.3 Å². The Morgan fingerprint density at radius 2 is 0.818 bits per heavy atom. The van der Waals surface area contributed by atoms with Crippen molar-refractivity contribution < 1.29 is 8.83 Å². The van der Waals surface area contributed by atoms with Crippen LogP contribution in [0.15, 0.2) is 142 Å². The Morgan fingerprint density at radius 1 is 0.295 bits per heavy atom. The minimum atomic E-state index is 0.907. The van der Waals surface area contributed by atoms with Gasteiger partial charge in [-0.1, -0.05) is 103 Å². The number of hydrogen-bond donors (Lipinski definition) is 0. The molecule has 2 nitrogen and oxygen atoms in total. The van der Waals surface area contributed by atoms with Gasteiger partial charge in [-0.15, -0.1) is 0 Å². The van der Waals surface area contributed by atoms with Crippen LogP contribution in [0.4, 0.5) is 0 Å². The molecular formula is C42H22O2.